The molecule has 0 spiro atoms. The van der Waals surface area contributed by atoms with Crippen molar-refractivity contribution in [1.82, 2.24) is 0 Å². The third-order valence-electron chi connectivity index (χ3n) is 3.99. The fourth-order valence-corrected chi connectivity index (χ4v) is 3.01. The highest BCUT2D eigenvalue weighted by molar-refractivity contribution is 5.40. The van der Waals surface area contributed by atoms with Gasteiger partial charge < -0.3 is 0 Å². The van der Waals surface area contributed by atoms with Crippen molar-refractivity contribution < 1.29 is 0 Å². The minimum absolute atomic E-state index is 0.630. The highest BCUT2D eigenvalue weighted by Crippen LogP contribution is 2.38. The van der Waals surface area contributed by atoms with Gasteiger partial charge in [-0.15, -0.1) is 0 Å². The van der Waals surface area contributed by atoms with Gasteiger partial charge in [0, 0.05) is 0 Å². The number of fused-ring (bicyclic) bond motifs is 1. The average molecular weight is 230 g/mol. The molecule has 0 radical (unpaired) electrons. The molecule has 0 N–H and O–H groups in total. The molecule has 0 fully saturated rings. The van der Waals surface area contributed by atoms with Crippen molar-refractivity contribution in [2.75, 3.05) is 0 Å². The number of hydrogen-bond donors (Lipinski definition) is 0. The molecular formula is C17H26. The SMILES string of the molecule is C=c1ccc(=C)c2c1C(C)CC(C)C2C.CC. The lowest BCUT2D eigenvalue weighted by atomic mass is 9.71. The van der Waals surface area contributed by atoms with E-state index >= 15 is 0 Å². The van der Waals surface area contributed by atoms with Crippen molar-refractivity contribution in [3.05, 3.63) is 33.7 Å². The Morgan fingerprint density at radius 1 is 0.941 bits per heavy atom. The smallest absolute Gasteiger partial charge is 0.0156 e. The monoisotopic (exact) mass is 230 g/mol. The Balaban J connectivity index is 0.000000686. The van der Waals surface area contributed by atoms with Crippen LogP contribution >= 0.6 is 0 Å². The summed E-state index contributed by atoms with van der Waals surface area (Å²) in [6.45, 7) is 19.3. The zero-order valence-electron chi connectivity index (χ0n) is 12.0. The second-order valence-electron chi connectivity index (χ2n) is 5.11. The van der Waals surface area contributed by atoms with Crippen LogP contribution in [0.15, 0.2) is 12.1 Å². The summed E-state index contributed by atoms with van der Waals surface area (Å²) >= 11 is 0. The van der Waals surface area contributed by atoms with E-state index in [4.69, 9.17) is 0 Å². The van der Waals surface area contributed by atoms with E-state index in [-0.39, 0.29) is 0 Å². The van der Waals surface area contributed by atoms with Crippen LogP contribution in [0.5, 0.6) is 0 Å². The van der Waals surface area contributed by atoms with Crippen molar-refractivity contribution in [2.24, 2.45) is 5.92 Å². The van der Waals surface area contributed by atoms with Gasteiger partial charge in [-0.1, -0.05) is 59.9 Å². The van der Waals surface area contributed by atoms with Gasteiger partial charge in [0.05, 0.1) is 0 Å². The molecule has 2 rings (SSSR count). The van der Waals surface area contributed by atoms with Gasteiger partial charge in [0.2, 0.25) is 0 Å². The molecular weight excluding hydrogens is 204 g/mol. The van der Waals surface area contributed by atoms with Crippen LogP contribution in [0, 0.1) is 5.92 Å². The Kier molecular flexibility index (Phi) is 4.56. The predicted octanol–water partition coefficient (Wildman–Crippen LogP) is 3.78. The normalized spacial score (nSPS) is 26.8. The molecule has 1 aliphatic rings. The van der Waals surface area contributed by atoms with Gasteiger partial charge in [-0.3, -0.25) is 0 Å². The van der Waals surface area contributed by atoms with Crippen molar-refractivity contribution in [3.8, 4) is 0 Å². The van der Waals surface area contributed by atoms with Crippen LogP contribution in [-0.4, -0.2) is 0 Å². The largest absolute Gasteiger partial charge is 0.0915 e. The van der Waals surface area contributed by atoms with E-state index in [1.807, 2.05) is 13.8 Å². The minimum Gasteiger partial charge on any atom is -0.0915 e. The molecule has 0 saturated heterocycles. The average Bonchev–Trinajstić information content (AvgIpc) is 2.31. The molecule has 0 bridgehead atoms. The number of rotatable bonds is 0. The molecule has 94 valence electrons. The molecule has 3 unspecified atom stereocenters. The van der Waals surface area contributed by atoms with E-state index < -0.39 is 0 Å². The maximum Gasteiger partial charge on any atom is -0.0156 e. The van der Waals surface area contributed by atoms with Crippen molar-refractivity contribution in [3.63, 3.8) is 0 Å². The first-order valence-corrected chi connectivity index (χ1v) is 6.83. The van der Waals surface area contributed by atoms with Gasteiger partial charge in [-0.05, 0) is 45.7 Å². The third-order valence-corrected chi connectivity index (χ3v) is 3.99. The molecule has 17 heavy (non-hydrogen) atoms. The standard InChI is InChI=1S/C15H20.C2H6/c1-9-6-7-10(2)15-13(5)11(3)8-12(4)14(9)15;1-2/h6-7,11-13H,1-2,8H2,3-5H3;1-2H3. The van der Waals surface area contributed by atoms with E-state index in [0.717, 1.165) is 5.92 Å². The van der Waals surface area contributed by atoms with E-state index in [1.165, 1.54) is 28.0 Å². The first-order valence-electron chi connectivity index (χ1n) is 6.83. The molecule has 3 atom stereocenters. The summed E-state index contributed by atoms with van der Waals surface area (Å²) in [6.07, 6.45) is 1.28. The zero-order valence-corrected chi connectivity index (χ0v) is 12.0. The molecule has 0 aliphatic heterocycles. The van der Waals surface area contributed by atoms with Crippen LogP contribution in [0.25, 0.3) is 13.2 Å². The summed E-state index contributed by atoms with van der Waals surface area (Å²) in [5, 5.41) is 2.40. The maximum absolute atomic E-state index is 4.17. The minimum atomic E-state index is 0.630. The van der Waals surface area contributed by atoms with Crippen molar-refractivity contribution >= 4 is 13.2 Å². The molecule has 0 aromatic heterocycles. The zero-order chi connectivity index (χ0) is 13.2. The summed E-state index contributed by atoms with van der Waals surface area (Å²) in [5.41, 5.74) is 2.93. The lowest BCUT2D eigenvalue weighted by Crippen LogP contribution is -2.30. The van der Waals surface area contributed by atoms with Gasteiger partial charge in [-0.25, -0.2) is 0 Å². The topological polar surface area (TPSA) is 0 Å². The molecule has 1 aliphatic carbocycles. The maximum atomic E-state index is 4.17. The summed E-state index contributed by atoms with van der Waals surface area (Å²) in [7, 11) is 0. The molecule has 1 aromatic rings. The molecule has 0 heterocycles. The van der Waals surface area contributed by atoms with E-state index in [0.29, 0.717) is 11.8 Å². The van der Waals surface area contributed by atoms with Crippen molar-refractivity contribution in [2.45, 2.75) is 52.9 Å². The lowest BCUT2D eigenvalue weighted by molar-refractivity contribution is 0.386. The van der Waals surface area contributed by atoms with Crippen LogP contribution in [-0.2, 0) is 0 Å². The highest BCUT2D eigenvalue weighted by Gasteiger charge is 2.28. The van der Waals surface area contributed by atoms with Crippen LogP contribution in [0.2, 0.25) is 0 Å². The fraction of sp³-hybridized carbons (Fsp3) is 0.529. The summed E-state index contributed by atoms with van der Waals surface area (Å²) in [4.78, 5) is 0. The summed E-state index contributed by atoms with van der Waals surface area (Å²) in [5.74, 6) is 2.03. The molecule has 0 amide bonds. The van der Waals surface area contributed by atoms with Crippen molar-refractivity contribution in [1.29, 1.82) is 0 Å². The molecule has 0 saturated carbocycles. The van der Waals surface area contributed by atoms with Gasteiger partial charge in [-0.2, -0.15) is 0 Å². The Morgan fingerprint density at radius 2 is 1.41 bits per heavy atom. The van der Waals surface area contributed by atoms with Gasteiger partial charge >= 0.3 is 0 Å². The lowest BCUT2D eigenvalue weighted by Gasteiger charge is -2.33. The third kappa shape index (κ3) is 2.46. The second-order valence-corrected chi connectivity index (χ2v) is 5.11. The van der Waals surface area contributed by atoms with Gasteiger partial charge in [0.25, 0.3) is 0 Å². The van der Waals surface area contributed by atoms with Gasteiger partial charge in [0.1, 0.15) is 0 Å². The van der Waals surface area contributed by atoms with E-state index in [2.05, 4.69) is 46.1 Å². The molecule has 1 aromatic carbocycles. The first kappa shape index (κ1) is 14.0. The Morgan fingerprint density at radius 3 is 1.94 bits per heavy atom. The Bertz CT molecular complexity index is 470. The fourth-order valence-electron chi connectivity index (χ4n) is 3.01. The second kappa shape index (κ2) is 5.53. The van der Waals surface area contributed by atoms with Crippen LogP contribution in [0.1, 0.15) is 64.0 Å². The number of hydrogen-bond acceptors (Lipinski definition) is 0. The van der Waals surface area contributed by atoms with E-state index in [1.54, 1.807) is 0 Å². The first-order chi connectivity index (χ1) is 8.02. The quantitative estimate of drug-likeness (QED) is 0.636. The Hall–Kier alpha value is -1.04. The highest BCUT2D eigenvalue weighted by atomic mass is 14.3. The van der Waals surface area contributed by atoms with Crippen LogP contribution < -0.4 is 10.4 Å². The summed E-state index contributed by atoms with van der Waals surface area (Å²) < 4.78 is 0. The Labute approximate surface area is 106 Å². The summed E-state index contributed by atoms with van der Waals surface area (Å²) in [6, 6.07) is 4.22. The van der Waals surface area contributed by atoms with Gasteiger partial charge in [0.15, 0.2) is 0 Å². The number of benzene rings is 1. The molecule has 0 heteroatoms. The molecule has 0 nitrogen and oxygen atoms in total. The predicted molar refractivity (Wildman–Crippen MR) is 78.7 cm³/mol. The van der Waals surface area contributed by atoms with E-state index in [9.17, 15) is 0 Å². The van der Waals surface area contributed by atoms with Crippen LogP contribution in [0.3, 0.4) is 0 Å². The van der Waals surface area contributed by atoms with Crippen LogP contribution in [0.4, 0.5) is 0 Å².